The molecule has 1 aliphatic heterocycles. The summed E-state index contributed by atoms with van der Waals surface area (Å²) in [6.45, 7) is 10.0. The van der Waals surface area contributed by atoms with E-state index < -0.39 is 5.60 Å². The van der Waals surface area contributed by atoms with E-state index in [2.05, 4.69) is 23.8 Å². The van der Waals surface area contributed by atoms with E-state index in [4.69, 9.17) is 9.47 Å². The molecule has 0 N–H and O–H groups in total. The van der Waals surface area contributed by atoms with Gasteiger partial charge in [0.05, 0.1) is 12.2 Å². The molecule has 1 aromatic rings. The van der Waals surface area contributed by atoms with E-state index in [1.54, 1.807) is 16.2 Å². The van der Waals surface area contributed by atoms with E-state index in [1.807, 2.05) is 20.8 Å². The predicted molar refractivity (Wildman–Crippen MR) is 94.0 cm³/mol. The molecular formula is C18H29NO3S. The largest absolute Gasteiger partial charge is 0.444 e. The molecule has 0 bridgehead atoms. The quantitative estimate of drug-likeness (QED) is 0.793. The topological polar surface area (TPSA) is 38.8 Å². The molecule has 2 heterocycles. The number of nitrogens with zero attached hydrogens (tertiary/aromatic N) is 1. The molecule has 1 aliphatic rings. The molecule has 1 amide bonds. The molecule has 2 rings (SSSR count). The van der Waals surface area contributed by atoms with Gasteiger partial charge in [-0.25, -0.2) is 4.79 Å². The standard InChI is InChI=1S/C18H29NO3S/c1-5-18(21-12-6-15-7-13-23-14-15)8-10-19(11-9-18)16(20)22-17(2,3)4/h7,13-14H,5-6,8-12H2,1-4H3. The summed E-state index contributed by atoms with van der Waals surface area (Å²) in [5.74, 6) is 0. The Morgan fingerprint density at radius 2 is 2.04 bits per heavy atom. The van der Waals surface area contributed by atoms with Crippen molar-refractivity contribution in [2.24, 2.45) is 0 Å². The SMILES string of the molecule is CCC1(OCCc2ccsc2)CCN(C(=O)OC(C)(C)C)CC1. The van der Waals surface area contributed by atoms with Gasteiger partial charge in [0, 0.05) is 13.1 Å². The minimum atomic E-state index is -0.437. The fraction of sp³-hybridized carbons (Fsp3) is 0.722. The van der Waals surface area contributed by atoms with Crippen LogP contribution in [0.1, 0.15) is 52.5 Å². The lowest BCUT2D eigenvalue weighted by Crippen LogP contribution is -2.49. The van der Waals surface area contributed by atoms with Gasteiger partial charge in [-0.15, -0.1) is 0 Å². The van der Waals surface area contributed by atoms with Crippen LogP contribution >= 0.6 is 11.3 Å². The fourth-order valence-electron chi connectivity index (χ4n) is 2.84. The lowest BCUT2D eigenvalue weighted by atomic mass is 9.88. The van der Waals surface area contributed by atoms with Crippen molar-refractivity contribution in [2.45, 2.75) is 64.6 Å². The molecule has 1 fully saturated rings. The Morgan fingerprint density at radius 1 is 1.35 bits per heavy atom. The van der Waals surface area contributed by atoms with Crippen molar-refractivity contribution in [3.05, 3.63) is 22.4 Å². The number of thiophene rings is 1. The number of hydrogen-bond acceptors (Lipinski definition) is 4. The summed E-state index contributed by atoms with van der Waals surface area (Å²) in [5, 5.41) is 4.28. The minimum absolute atomic E-state index is 0.0888. The molecular weight excluding hydrogens is 310 g/mol. The van der Waals surface area contributed by atoms with Crippen LogP contribution in [0.15, 0.2) is 16.8 Å². The van der Waals surface area contributed by atoms with E-state index in [1.165, 1.54) is 5.56 Å². The Kier molecular flexibility index (Phi) is 6.09. The number of carbonyl (C=O) groups is 1. The van der Waals surface area contributed by atoms with Crippen molar-refractivity contribution >= 4 is 17.4 Å². The molecule has 23 heavy (non-hydrogen) atoms. The van der Waals surface area contributed by atoms with Gasteiger partial charge in [0.25, 0.3) is 0 Å². The maximum Gasteiger partial charge on any atom is 0.410 e. The Balaban J connectivity index is 1.80. The molecule has 0 aromatic carbocycles. The third-order valence-corrected chi connectivity index (χ3v) is 5.08. The highest BCUT2D eigenvalue weighted by Gasteiger charge is 2.36. The summed E-state index contributed by atoms with van der Waals surface area (Å²) in [4.78, 5) is 14.0. The van der Waals surface area contributed by atoms with E-state index >= 15 is 0 Å². The van der Waals surface area contributed by atoms with Crippen molar-refractivity contribution in [3.8, 4) is 0 Å². The van der Waals surface area contributed by atoms with Gasteiger partial charge in [0.2, 0.25) is 0 Å². The summed E-state index contributed by atoms with van der Waals surface area (Å²) >= 11 is 1.72. The third kappa shape index (κ3) is 5.50. The van der Waals surface area contributed by atoms with Gasteiger partial charge < -0.3 is 14.4 Å². The molecule has 0 saturated carbocycles. The normalized spacial score (nSPS) is 18.0. The maximum absolute atomic E-state index is 12.1. The van der Waals surface area contributed by atoms with Crippen LogP contribution < -0.4 is 0 Å². The van der Waals surface area contributed by atoms with Crippen LogP contribution in [0.2, 0.25) is 0 Å². The van der Waals surface area contributed by atoms with Crippen molar-refractivity contribution in [1.82, 2.24) is 4.90 Å². The van der Waals surface area contributed by atoms with Gasteiger partial charge in [-0.1, -0.05) is 6.92 Å². The summed E-state index contributed by atoms with van der Waals surface area (Å²) < 4.78 is 11.7. The number of rotatable bonds is 5. The highest BCUT2D eigenvalue weighted by atomic mass is 32.1. The Labute approximate surface area is 143 Å². The second kappa shape index (κ2) is 7.67. The Bertz CT molecular complexity index is 485. The van der Waals surface area contributed by atoms with Crippen LogP contribution in [0.25, 0.3) is 0 Å². The first-order valence-corrected chi connectivity index (χ1v) is 9.41. The van der Waals surface area contributed by atoms with Crippen molar-refractivity contribution < 1.29 is 14.3 Å². The first-order chi connectivity index (χ1) is 10.8. The highest BCUT2D eigenvalue weighted by Crippen LogP contribution is 2.30. The number of carbonyl (C=O) groups excluding carboxylic acids is 1. The van der Waals surface area contributed by atoms with E-state index in [9.17, 15) is 4.79 Å². The molecule has 0 radical (unpaired) electrons. The summed E-state index contributed by atoms with van der Waals surface area (Å²) in [5.41, 5.74) is 0.814. The van der Waals surface area contributed by atoms with Gasteiger partial charge in [0.15, 0.2) is 0 Å². The van der Waals surface area contributed by atoms with E-state index in [0.29, 0.717) is 13.1 Å². The predicted octanol–water partition coefficient (Wildman–Crippen LogP) is 4.49. The molecule has 1 aromatic heterocycles. The molecule has 5 heteroatoms. The lowest BCUT2D eigenvalue weighted by Gasteiger charge is -2.41. The average Bonchev–Trinajstić information content (AvgIpc) is 2.99. The van der Waals surface area contributed by atoms with Gasteiger partial charge in [-0.3, -0.25) is 0 Å². The van der Waals surface area contributed by atoms with Crippen LogP contribution in [0.4, 0.5) is 4.79 Å². The van der Waals surface area contributed by atoms with Crippen LogP contribution in [-0.4, -0.2) is 41.9 Å². The van der Waals surface area contributed by atoms with Crippen molar-refractivity contribution in [3.63, 3.8) is 0 Å². The van der Waals surface area contributed by atoms with Crippen LogP contribution in [0.3, 0.4) is 0 Å². The van der Waals surface area contributed by atoms with Crippen molar-refractivity contribution in [2.75, 3.05) is 19.7 Å². The smallest absolute Gasteiger partial charge is 0.410 e. The molecule has 0 atom stereocenters. The Hall–Kier alpha value is -1.07. The Morgan fingerprint density at radius 3 is 2.57 bits per heavy atom. The third-order valence-electron chi connectivity index (χ3n) is 4.35. The maximum atomic E-state index is 12.1. The molecule has 1 saturated heterocycles. The van der Waals surface area contributed by atoms with E-state index in [-0.39, 0.29) is 11.7 Å². The number of piperidine rings is 1. The van der Waals surface area contributed by atoms with E-state index in [0.717, 1.165) is 32.3 Å². The molecule has 4 nitrogen and oxygen atoms in total. The molecule has 130 valence electrons. The van der Waals surface area contributed by atoms with Crippen LogP contribution in [0.5, 0.6) is 0 Å². The number of ether oxygens (including phenoxy) is 2. The number of likely N-dealkylation sites (tertiary alicyclic amines) is 1. The average molecular weight is 340 g/mol. The van der Waals surface area contributed by atoms with Gasteiger partial charge in [0.1, 0.15) is 5.60 Å². The molecule has 0 unspecified atom stereocenters. The first kappa shape index (κ1) is 18.3. The van der Waals surface area contributed by atoms with Crippen LogP contribution in [-0.2, 0) is 15.9 Å². The summed E-state index contributed by atoms with van der Waals surface area (Å²) in [6.07, 6.45) is 3.50. The lowest BCUT2D eigenvalue weighted by molar-refractivity contribution is -0.0856. The monoisotopic (exact) mass is 339 g/mol. The zero-order valence-electron chi connectivity index (χ0n) is 14.8. The first-order valence-electron chi connectivity index (χ1n) is 8.46. The molecule has 0 aliphatic carbocycles. The van der Waals surface area contributed by atoms with Gasteiger partial charge in [-0.05, 0) is 68.8 Å². The second-order valence-corrected chi connectivity index (χ2v) is 8.01. The fourth-order valence-corrected chi connectivity index (χ4v) is 3.55. The van der Waals surface area contributed by atoms with Crippen LogP contribution in [0, 0.1) is 0 Å². The zero-order valence-corrected chi connectivity index (χ0v) is 15.6. The second-order valence-electron chi connectivity index (χ2n) is 7.23. The highest BCUT2D eigenvalue weighted by molar-refractivity contribution is 7.07. The number of hydrogen-bond donors (Lipinski definition) is 0. The minimum Gasteiger partial charge on any atom is -0.444 e. The zero-order chi connectivity index (χ0) is 16.9. The van der Waals surface area contributed by atoms with Crippen molar-refractivity contribution in [1.29, 1.82) is 0 Å². The molecule has 0 spiro atoms. The summed E-state index contributed by atoms with van der Waals surface area (Å²) in [7, 11) is 0. The van der Waals surface area contributed by atoms with Gasteiger partial charge >= 0.3 is 6.09 Å². The summed E-state index contributed by atoms with van der Waals surface area (Å²) in [6, 6.07) is 2.15. The number of amides is 1. The van der Waals surface area contributed by atoms with Gasteiger partial charge in [-0.2, -0.15) is 11.3 Å².